The molecule has 0 fully saturated rings. The van der Waals surface area contributed by atoms with E-state index >= 15 is 0 Å². The fourth-order valence-electron chi connectivity index (χ4n) is 0.314. The van der Waals surface area contributed by atoms with E-state index in [0.717, 1.165) is 0 Å². The van der Waals surface area contributed by atoms with Gasteiger partial charge in [-0.1, -0.05) is 12.2 Å². The van der Waals surface area contributed by atoms with Crippen molar-refractivity contribution in [3.63, 3.8) is 0 Å². The Kier molecular flexibility index (Phi) is 3.28. The number of thiocarbonyl (C=S) groups is 1. The molecule has 0 amide bonds. The largest absolute Gasteiger partial charge is 0.389 e. The molecule has 0 aliphatic carbocycles. The van der Waals surface area contributed by atoms with Gasteiger partial charge in [0, 0.05) is 0 Å². The lowest BCUT2D eigenvalue weighted by Crippen LogP contribution is -2.10. The fraction of sp³-hybridized carbons (Fsp3) is 0.200. The van der Waals surface area contributed by atoms with Gasteiger partial charge in [-0.15, -0.1) is 12.6 Å². The molecule has 2 N–H and O–H groups in total. The van der Waals surface area contributed by atoms with Crippen LogP contribution in [0.3, 0.4) is 0 Å². The topological polar surface area (TPSA) is 49.8 Å². The predicted molar refractivity (Wildman–Crippen MR) is 44.1 cm³/mol. The van der Waals surface area contributed by atoms with Crippen molar-refractivity contribution in [2.45, 2.75) is 6.92 Å². The predicted octanol–water partition coefficient (Wildman–Crippen LogP) is 1.000. The van der Waals surface area contributed by atoms with Crippen LogP contribution in [0.15, 0.2) is 10.5 Å². The Labute approximate surface area is 64.8 Å². The van der Waals surface area contributed by atoms with E-state index in [9.17, 15) is 0 Å². The highest BCUT2D eigenvalue weighted by Gasteiger charge is 1.99. The molecule has 0 aromatic carbocycles. The third-order valence-corrected chi connectivity index (χ3v) is 1.15. The summed E-state index contributed by atoms with van der Waals surface area (Å²) in [6.45, 7) is 1.67. The summed E-state index contributed by atoms with van der Waals surface area (Å²) in [5, 5.41) is 8.34. The van der Waals surface area contributed by atoms with Crippen molar-refractivity contribution in [2.75, 3.05) is 0 Å². The second-order valence-corrected chi connectivity index (χ2v) is 2.55. The van der Waals surface area contributed by atoms with E-state index in [4.69, 9.17) is 11.0 Å². The minimum Gasteiger partial charge on any atom is -0.389 e. The first kappa shape index (κ1) is 8.47. The maximum absolute atomic E-state index is 8.34. The summed E-state index contributed by atoms with van der Waals surface area (Å²) < 4.78 is 0. The van der Waals surface area contributed by atoms with Crippen LogP contribution in [0.2, 0.25) is 0 Å². The van der Waals surface area contributed by atoms with E-state index in [-0.39, 0.29) is 10.6 Å². The van der Waals surface area contributed by atoms with Gasteiger partial charge in [-0.3, -0.25) is 0 Å². The molecule has 9 heavy (non-hydrogen) atoms. The SMILES string of the molecule is CC(S)=C(C#N)C(N)=S. The first-order chi connectivity index (χ1) is 4.09. The lowest BCUT2D eigenvalue weighted by Gasteiger charge is -1.93. The molecule has 0 aromatic heterocycles. The molecular weight excluding hydrogens is 152 g/mol. The highest BCUT2D eigenvalue weighted by atomic mass is 32.1. The third kappa shape index (κ3) is 2.49. The minimum atomic E-state index is 0.102. The summed E-state index contributed by atoms with van der Waals surface area (Å²) in [7, 11) is 0. The molecule has 0 aliphatic rings. The quantitative estimate of drug-likeness (QED) is 0.259. The lowest BCUT2D eigenvalue weighted by molar-refractivity contribution is 1.49. The van der Waals surface area contributed by atoms with Crippen LogP contribution in [0.25, 0.3) is 0 Å². The van der Waals surface area contributed by atoms with Crippen LogP contribution in [0, 0.1) is 11.3 Å². The smallest absolute Gasteiger partial charge is 0.115 e. The Balaban J connectivity index is 4.62. The maximum atomic E-state index is 8.34. The Morgan fingerprint density at radius 2 is 2.22 bits per heavy atom. The molecule has 0 atom stereocenters. The second-order valence-electron chi connectivity index (χ2n) is 1.44. The monoisotopic (exact) mass is 158 g/mol. The number of nitrogens with two attached hydrogens (primary N) is 1. The molecule has 0 spiro atoms. The zero-order chi connectivity index (χ0) is 7.44. The van der Waals surface area contributed by atoms with Crippen LogP contribution >= 0.6 is 24.8 Å². The first-order valence-corrected chi connectivity index (χ1v) is 3.05. The number of hydrogen-bond acceptors (Lipinski definition) is 3. The average Bonchev–Trinajstić information content (AvgIpc) is 1.64. The van der Waals surface area contributed by atoms with Crippen molar-refractivity contribution in [2.24, 2.45) is 5.73 Å². The minimum absolute atomic E-state index is 0.102. The van der Waals surface area contributed by atoms with Crippen molar-refractivity contribution in [1.29, 1.82) is 5.26 Å². The normalized spacial score (nSPS) is 11.7. The molecule has 0 heterocycles. The van der Waals surface area contributed by atoms with Gasteiger partial charge in [0.2, 0.25) is 0 Å². The van der Waals surface area contributed by atoms with Gasteiger partial charge in [-0.2, -0.15) is 5.26 Å². The van der Waals surface area contributed by atoms with Crippen LogP contribution in [0.1, 0.15) is 6.92 Å². The summed E-state index contributed by atoms with van der Waals surface area (Å²) in [4.78, 5) is 0.662. The van der Waals surface area contributed by atoms with Crippen LogP contribution in [-0.2, 0) is 0 Å². The number of rotatable bonds is 1. The van der Waals surface area contributed by atoms with Crippen LogP contribution in [-0.4, -0.2) is 4.99 Å². The van der Waals surface area contributed by atoms with E-state index in [1.54, 1.807) is 6.92 Å². The number of nitriles is 1. The van der Waals surface area contributed by atoms with Crippen molar-refractivity contribution >= 4 is 29.8 Å². The van der Waals surface area contributed by atoms with Crippen molar-refractivity contribution in [1.82, 2.24) is 0 Å². The molecule has 0 radical (unpaired) electrons. The zero-order valence-corrected chi connectivity index (χ0v) is 6.59. The van der Waals surface area contributed by atoms with E-state index < -0.39 is 0 Å². The average molecular weight is 158 g/mol. The number of thiol groups is 1. The van der Waals surface area contributed by atoms with Crippen molar-refractivity contribution < 1.29 is 0 Å². The Morgan fingerprint density at radius 3 is 2.22 bits per heavy atom. The van der Waals surface area contributed by atoms with Gasteiger partial charge >= 0.3 is 0 Å². The first-order valence-electron chi connectivity index (χ1n) is 2.19. The fourth-order valence-corrected chi connectivity index (χ4v) is 0.759. The molecule has 48 valence electrons. The molecule has 0 saturated heterocycles. The Hall–Kier alpha value is -0.530. The van der Waals surface area contributed by atoms with Crippen molar-refractivity contribution in [3.8, 4) is 6.07 Å². The van der Waals surface area contributed by atoms with Gasteiger partial charge in [0.15, 0.2) is 0 Å². The molecule has 0 unspecified atom stereocenters. The van der Waals surface area contributed by atoms with E-state index in [0.29, 0.717) is 4.91 Å². The third-order valence-electron chi connectivity index (χ3n) is 0.720. The lowest BCUT2D eigenvalue weighted by atomic mass is 10.3. The zero-order valence-electron chi connectivity index (χ0n) is 4.88. The summed E-state index contributed by atoms with van der Waals surface area (Å²) >= 11 is 8.44. The summed E-state index contributed by atoms with van der Waals surface area (Å²) in [5.41, 5.74) is 5.44. The van der Waals surface area contributed by atoms with Gasteiger partial charge in [-0.05, 0) is 11.8 Å². The van der Waals surface area contributed by atoms with Gasteiger partial charge < -0.3 is 5.73 Å². The summed E-state index contributed by atoms with van der Waals surface area (Å²) in [6, 6.07) is 1.84. The Bertz CT molecular complexity index is 195. The second kappa shape index (κ2) is 3.49. The highest BCUT2D eigenvalue weighted by Crippen LogP contribution is 2.06. The molecule has 0 aromatic rings. The van der Waals surface area contributed by atoms with Crippen LogP contribution < -0.4 is 5.73 Å². The van der Waals surface area contributed by atoms with Gasteiger partial charge in [-0.25, -0.2) is 0 Å². The van der Waals surface area contributed by atoms with Gasteiger partial charge in [0.1, 0.15) is 11.1 Å². The van der Waals surface area contributed by atoms with Crippen LogP contribution in [0.5, 0.6) is 0 Å². The van der Waals surface area contributed by atoms with Crippen LogP contribution in [0.4, 0.5) is 0 Å². The molecule has 0 bridgehead atoms. The van der Waals surface area contributed by atoms with E-state index in [2.05, 4.69) is 24.8 Å². The summed E-state index contributed by atoms with van der Waals surface area (Å²) in [5.74, 6) is 0. The van der Waals surface area contributed by atoms with E-state index in [1.165, 1.54) is 0 Å². The molecule has 2 nitrogen and oxygen atoms in total. The Morgan fingerprint density at radius 1 is 1.78 bits per heavy atom. The highest BCUT2D eigenvalue weighted by molar-refractivity contribution is 7.85. The molecule has 0 saturated carbocycles. The van der Waals surface area contributed by atoms with Gasteiger partial charge in [0.05, 0.1) is 5.57 Å². The number of allylic oxidation sites excluding steroid dienone is 1. The standard InChI is InChI=1S/C5H6N2S2/c1-3(8)4(2-6)5(7)9/h8H,1H3,(H2,7,9). The van der Waals surface area contributed by atoms with Gasteiger partial charge in [0.25, 0.3) is 0 Å². The number of nitrogens with zero attached hydrogens (tertiary/aromatic N) is 1. The number of hydrogen-bond donors (Lipinski definition) is 2. The molecule has 4 heteroatoms. The van der Waals surface area contributed by atoms with E-state index in [1.807, 2.05) is 6.07 Å². The molecular formula is C5H6N2S2. The molecule has 0 rings (SSSR count). The van der Waals surface area contributed by atoms with Crippen molar-refractivity contribution in [3.05, 3.63) is 10.5 Å². The maximum Gasteiger partial charge on any atom is 0.115 e. The summed E-state index contributed by atoms with van der Waals surface area (Å²) in [6.07, 6.45) is 0. The molecule has 0 aliphatic heterocycles.